The number of carbonyl (C=O) groups is 1. The Morgan fingerprint density at radius 3 is 2.59 bits per heavy atom. The summed E-state index contributed by atoms with van der Waals surface area (Å²) in [6, 6.07) is 13.5. The molecule has 5 rings (SSSR count). The summed E-state index contributed by atoms with van der Waals surface area (Å²) in [6.07, 6.45) is 4.26. The minimum Gasteiger partial charge on any atom is -0.393 e. The summed E-state index contributed by atoms with van der Waals surface area (Å²) in [5.41, 5.74) is 11.5. The zero-order chi connectivity index (χ0) is 27.7. The summed E-state index contributed by atoms with van der Waals surface area (Å²) in [5, 5.41) is 18.4. The van der Waals surface area contributed by atoms with Crippen molar-refractivity contribution >= 4 is 28.4 Å². The lowest BCUT2D eigenvalue weighted by Crippen LogP contribution is -2.22. The van der Waals surface area contributed by atoms with Gasteiger partial charge in [-0.15, -0.1) is 0 Å². The Morgan fingerprint density at radius 1 is 1.08 bits per heavy atom. The van der Waals surface area contributed by atoms with Gasteiger partial charge in [-0.25, -0.2) is 14.6 Å². The maximum Gasteiger partial charge on any atom is 0.255 e. The second-order valence-corrected chi connectivity index (χ2v) is 11.3. The summed E-state index contributed by atoms with van der Waals surface area (Å²) >= 11 is 0. The number of nitrogens with one attached hydrogen (secondary N) is 1. The maximum absolute atomic E-state index is 13.0. The molecule has 0 aliphatic heterocycles. The topological polar surface area (TPSA) is 119 Å². The highest BCUT2D eigenvalue weighted by Crippen LogP contribution is 2.32. The molecule has 39 heavy (non-hydrogen) atoms. The Hall–Kier alpha value is -4.22. The van der Waals surface area contributed by atoms with E-state index in [-0.39, 0.29) is 23.5 Å². The lowest BCUT2D eigenvalue weighted by molar-refractivity contribution is 0.102. The Morgan fingerprint density at radius 2 is 1.85 bits per heavy atom. The average Bonchev–Trinajstić information content (AvgIpc) is 3.29. The average molecular weight is 523 g/mol. The number of benzene rings is 2. The Labute approximate surface area is 228 Å². The van der Waals surface area contributed by atoms with E-state index in [0.29, 0.717) is 33.8 Å². The van der Waals surface area contributed by atoms with Crippen molar-refractivity contribution in [3.05, 3.63) is 76.7 Å². The molecule has 4 N–H and O–H groups in total. The van der Waals surface area contributed by atoms with Crippen LogP contribution in [0.4, 0.5) is 11.5 Å². The number of aliphatic hydroxyl groups excluding tert-OH is 1. The van der Waals surface area contributed by atoms with Crippen molar-refractivity contribution in [3.63, 3.8) is 0 Å². The first-order chi connectivity index (χ1) is 18.6. The number of aromatic nitrogens is 4. The zero-order valence-electron chi connectivity index (χ0n) is 22.8. The fourth-order valence-electron chi connectivity index (χ4n) is 4.93. The number of amides is 1. The summed E-state index contributed by atoms with van der Waals surface area (Å²) in [5.74, 6) is 6.58. The first kappa shape index (κ1) is 26.4. The molecule has 1 saturated carbocycles. The molecule has 0 atom stereocenters. The van der Waals surface area contributed by atoms with Gasteiger partial charge in [0.15, 0.2) is 5.65 Å². The molecule has 4 aromatic rings. The third kappa shape index (κ3) is 5.64. The number of fused-ring (bicyclic) bond motifs is 1. The number of anilines is 2. The van der Waals surface area contributed by atoms with Crippen LogP contribution in [0.2, 0.25) is 0 Å². The van der Waals surface area contributed by atoms with Crippen molar-refractivity contribution in [2.24, 2.45) is 0 Å². The van der Waals surface area contributed by atoms with Crippen LogP contribution in [-0.2, 0) is 5.41 Å². The molecule has 8 heteroatoms. The van der Waals surface area contributed by atoms with Gasteiger partial charge in [-0.3, -0.25) is 4.79 Å². The van der Waals surface area contributed by atoms with Crippen molar-refractivity contribution in [1.82, 2.24) is 19.7 Å². The van der Waals surface area contributed by atoms with Crippen LogP contribution in [0.1, 0.15) is 85.2 Å². The Bertz CT molecular complexity index is 1600. The standard InChI is InChI=1S/C31H34N6O2/c1-19-8-10-23(35-30(39)21-6-5-7-22(16-21)31(2,3)4)17-20(19)9-15-26-27-28(32)33-18-34-29(27)37(36-26)24-11-13-25(38)14-12-24/h5-8,10,16-18,24-25,38H,11-14H2,1-4H3,(H,35,39)(H2,32,33,34)/t24-,25-. The van der Waals surface area contributed by atoms with Gasteiger partial charge >= 0.3 is 0 Å². The van der Waals surface area contributed by atoms with Crippen molar-refractivity contribution < 1.29 is 9.90 Å². The van der Waals surface area contributed by atoms with E-state index >= 15 is 0 Å². The molecule has 0 spiro atoms. The van der Waals surface area contributed by atoms with Crippen molar-refractivity contribution in [2.45, 2.75) is 70.9 Å². The minimum atomic E-state index is -0.264. The molecule has 1 aliphatic rings. The second kappa shape index (κ2) is 10.5. The summed E-state index contributed by atoms with van der Waals surface area (Å²) < 4.78 is 1.89. The van der Waals surface area contributed by atoms with Crippen LogP contribution in [-0.4, -0.2) is 36.9 Å². The molecule has 1 amide bonds. The molecule has 0 saturated heterocycles. The van der Waals surface area contributed by atoms with Gasteiger partial charge in [0, 0.05) is 16.8 Å². The monoisotopic (exact) mass is 522 g/mol. The van der Waals surface area contributed by atoms with Gasteiger partial charge in [0.05, 0.1) is 17.5 Å². The van der Waals surface area contributed by atoms with E-state index in [2.05, 4.69) is 47.9 Å². The van der Waals surface area contributed by atoms with E-state index in [0.717, 1.165) is 42.4 Å². The highest BCUT2D eigenvalue weighted by Gasteiger charge is 2.25. The van der Waals surface area contributed by atoms with Crippen molar-refractivity contribution in [3.8, 4) is 11.8 Å². The number of carbonyl (C=O) groups excluding carboxylic acids is 1. The largest absolute Gasteiger partial charge is 0.393 e. The number of hydrogen-bond acceptors (Lipinski definition) is 6. The molecule has 0 radical (unpaired) electrons. The third-order valence-corrected chi connectivity index (χ3v) is 7.33. The Balaban J connectivity index is 1.44. The Kier molecular flexibility index (Phi) is 7.11. The highest BCUT2D eigenvalue weighted by molar-refractivity contribution is 6.04. The summed E-state index contributed by atoms with van der Waals surface area (Å²) in [7, 11) is 0. The van der Waals surface area contributed by atoms with Gasteiger partial charge in [-0.1, -0.05) is 44.9 Å². The smallest absolute Gasteiger partial charge is 0.255 e. The molecular weight excluding hydrogens is 488 g/mol. The SMILES string of the molecule is Cc1ccc(NC(=O)c2cccc(C(C)(C)C)c2)cc1C#Cc1nn([C@H]2CC[C@H](O)CC2)c2ncnc(N)c12. The van der Waals surface area contributed by atoms with Gasteiger partial charge < -0.3 is 16.2 Å². The molecule has 0 unspecified atom stereocenters. The van der Waals surface area contributed by atoms with Crippen LogP contribution in [0.3, 0.4) is 0 Å². The number of aryl methyl sites for hydroxylation is 1. The molecule has 1 aliphatic carbocycles. The van der Waals surface area contributed by atoms with E-state index in [1.54, 1.807) is 0 Å². The van der Waals surface area contributed by atoms with E-state index in [1.165, 1.54) is 6.33 Å². The van der Waals surface area contributed by atoms with Crippen LogP contribution in [0.5, 0.6) is 0 Å². The summed E-state index contributed by atoms with van der Waals surface area (Å²) in [4.78, 5) is 21.6. The van der Waals surface area contributed by atoms with E-state index in [1.807, 2.05) is 54.1 Å². The van der Waals surface area contributed by atoms with Crippen molar-refractivity contribution in [1.29, 1.82) is 0 Å². The van der Waals surface area contributed by atoms with E-state index < -0.39 is 0 Å². The van der Waals surface area contributed by atoms with Gasteiger partial charge in [0.2, 0.25) is 0 Å². The maximum atomic E-state index is 13.0. The predicted molar refractivity (Wildman–Crippen MR) is 154 cm³/mol. The first-order valence-electron chi connectivity index (χ1n) is 13.3. The van der Waals surface area contributed by atoms with Crippen LogP contribution >= 0.6 is 0 Å². The van der Waals surface area contributed by atoms with Crippen LogP contribution in [0.15, 0.2) is 48.8 Å². The van der Waals surface area contributed by atoms with E-state index in [4.69, 9.17) is 10.8 Å². The van der Waals surface area contributed by atoms with E-state index in [9.17, 15) is 9.90 Å². The van der Waals surface area contributed by atoms with Crippen LogP contribution in [0, 0.1) is 18.8 Å². The lowest BCUT2D eigenvalue weighted by atomic mass is 9.86. The fraction of sp³-hybridized carbons (Fsp3) is 0.355. The van der Waals surface area contributed by atoms with Gasteiger partial charge in [0.1, 0.15) is 17.8 Å². The third-order valence-electron chi connectivity index (χ3n) is 7.33. The number of nitrogens with two attached hydrogens (primary N) is 1. The molecule has 8 nitrogen and oxygen atoms in total. The molecule has 1 fully saturated rings. The molecule has 2 heterocycles. The highest BCUT2D eigenvalue weighted by atomic mass is 16.3. The molecule has 0 bridgehead atoms. The van der Waals surface area contributed by atoms with Crippen LogP contribution in [0.25, 0.3) is 11.0 Å². The normalized spacial score (nSPS) is 17.5. The van der Waals surface area contributed by atoms with Gasteiger partial charge in [-0.05, 0) is 79.3 Å². The molecule has 2 aromatic heterocycles. The van der Waals surface area contributed by atoms with Crippen molar-refractivity contribution in [2.75, 3.05) is 11.1 Å². The van der Waals surface area contributed by atoms with Gasteiger partial charge in [0.25, 0.3) is 5.91 Å². The summed E-state index contributed by atoms with van der Waals surface area (Å²) in [6.45, 7) is 8.35. The lowest BCUT2D eigenvalue weighted by Gasteiger charge is -2.25. The first-order valence-corrected chi connectivity index (χ1v) is 13.3. The predicted octanol–water partition coefficient (Wildman–Crippen LogP) is 5.14. The fourth-order valence-corrected chi connectivity index (χ4v) is 4.93. The number of aliphatic hydroxyl groups is 1. The quantitative estimate of drug-likeness (QED) is 0.321. The zero-order valence-corrected chi connectivity index (χ0v) is 22.8. The molecule has 200 valence electrons. The number of hydrogen-bond donors (Lipinski definition) is 3. The molecule has 2 aromatic carbocycles. The second-order valence-electron chi connectivity index (χ2n) is 11.3. The van der Waals surface area contributed by atoms with Gasteiger partial charge in [-0.2, -0.15) is 5.10 Å². The number of nitrogen functional groups attached to an aromatic ring is 1. The minimum absolute atomic E-state index is 0.0489. The number of nitrogens with zero attached hydrogens (tertiary/aromatic N) is 4. The number of rotatable bonds is 3. The van der Waals surface area contributed by atoms with Crippen LogP contribution < -0.4 is 11.1 Å². The molecular formula is C31H34N6O2.